The van der Waals surface area contributed by atoms with Crippen LogP contribution < -0.4 is 10.2 Å². The van der Waals surface area contributed by atoms with Gasteiger partial charge in [-0.3, -0.25) is 14.8 Å². The van der Waals surface area contributed by atoms with Gasteiger partial charge in [-0.1, -0.05) is 17.3 Å². The summed E-state index contributed by atoms with van der Waals surface area (Å²) in [6.07, 6.45) is 3.42. The maximum Gasteiger partial charge on any atom is 0.321 e. The van der Waals surface area contributed by atoms with Crippen molar-refractivity contribution >= 4 is 11.7 Å². The molecule has 8 heteroatoms. The summed E-state index contributed by atoms with van der Waals surface area (Å²) >= 11 is 0. The lowest BCUT2D eigenvalue weighted by Gasteiger charge is -2.17. The number of benzene rings is 1. The van der Waals surface area contributed by atoms with E-state index in [2.05, 4.69) is 25.3 Å². The summed E-state index contributed by atoms with van der Waals surface area (Å²) < 4.78 is 5.34. The Labute approximate surface area is 156 Å². The van der Waals surface area contributed by atoms with Gasteiger partial charge in [0.15, 0.2) is 0 Å². The third-order valence-electron chi connectivity index (χ3n) is 4.35. The van der Waals surface area contributed by atoms with E-state index in [-0.39, 0.29) is 6.03 Å². The van der Waals surface area contributed by atoms with Crippen molar-refractivity contribution in [2.24, 2.45) is 0 Å². The van der Waals surface area contributed by atoms with Crippen molar-refractivity contribution in [3.8, 4) is 11.4 Å². The molecule has 2 amide bonds. The van der Waals surface area contributed by atoms with Crippen LogP contribution in [0.2, 0.25) is 0 Å². The Morgan fingerprint density at radius 2 is 2.07 bits per heavy atom. The number of nitrogens with one attached hydrogen (secondary N) is 1. The number of carbonyl (C=O) groups is 1. The number of aromatic nitrogens is 3. The maximum atomic E-state index is 11.7. The van der Waals surface area contributed by atoms with Gasteiger partial charge in [0.05, 0.1) is 6.54 Å². The fourth-order valence-electron chi connectivity index (χ4n) is 3.03. The van der Waals surface area contributed by atoms with Crippen molar-refractivity contribution in [3.05, 3.63) is 60.2 Å². The summed E-state index contributed by atoms with van der Waals surface area (Å²) in [5.74, 6) is 1.10. The molecule has 0 bridgehead atoms. The van der Waals surface area contributed by atoms with E-state index in [1.807, 2.05) is 43.4 Å². The molecule has 3 aromatic rings. The average Bonchev–Trinajstić information content (AvgIpc) is 3.32. The Balaban J connectivity index is 1.36. The van der Waals surface area contributed by atoms with Crippen LogP contribution in [-0.2, 0) is 13.1 Å². The minimum atomic E-state index is -0.0410. The van der Waals surface area contributed by atoms with E-state index in [0.29, 0.717) is 31.3 Å². The van der Waals surface area contributed by atoms with Gasteiger partial charge in [-0.15, -0.1) is 0 Å². The van der Waals surface area contributed by atoms with Gasteiger partial charge >= 0.3 is 6.03 Å². The number of rotatable bonds is 6. The lowest BCUT2D eigenvalue weighted by molar-refractivity contribution is 0.252. The third kappa shape index (κ3) is 3.95. The zero-order valence-corrected chi connectivity index (χ0v) is 15.0. The maximum absolute atomic E-state index is 11.7. The molecule has 0 spiro atoms. The van der Waals surface area contributed by atoms with Crippen LogP contribution in [0.5, 0.6) is 0 Å². The Hall–Kier alpha value is -3.26. The molecule has 1 N–H and O–H groups in total. The number of hydrogen-bond acceptors (Lipinski definition) is 6. The fraction of sp³-hybridized carbons (Fsp3) is 0.263. The van der Waals surface area contributed by atoms with Crippen LogP contribution in [-0.4, -0.2) is 46.2 Å². The van der Waals surface area contributed by atoms with E-state index in [0.717, 1.165) is 23.4 Å². The molecule has 1 aliphatic heterocycles. The van der Waals surface area contributed by atoms with Crippen molar-refractivity contribution in [2.45, 2.75) is 13.1 Å². The monoisotopic (exact) mass is 364 g/mol. The highest BCUT2D eigenvalue weighted by molar-refractivity contribution is 5.93. The molecule has 0 unspecified atom stereocenters. The minimum absolute atomic E-state index is 0.0410. The van der Waals surface area contributed by atoms with E-state index < -0.39 is 0 Å². The van der Waals surface area contributed by atoms with Gasteiger partial charge in [0, 0.05) is 43.3 Å². The Morgan fingerprint density at radius 1 is 1.22 bits per heavy atom. The second kappa shape index (κ2) is 7.55. The molecule has 1 saturated heterocycles. The smallest absolute Gasteiger partial charge is 0.321 e. The molecule has 0 radical (unpaired) electrons. The van der Waals surface area contributed by atoms with Crippen LogP contribution in [0, 0.1) is 0 Å². The number of pyridine rings is 1. The number of amides is 2. The predicted octanol–water partition coefficient (Wildman–Crippen LogP) is 2.29. The quantitative estimate of drug-likeness (QED) is 0.722. The van der Waals surface area contributed by atoms with Crippen LogP contribution in [0.15, 0.2) is 53.3 Å². The van der Waals surface area contributed by atoms with Gasteiger partial charge in [0.2, 0.25) is 11.7 Å². The summed E-state index contributed by atoms with van der Waals surface area (Å²) in [6, 6.07) is 11.7. The molecule has 1 fully saturated rings. The van der Waals surface area contributed by atoms with Gasteiger partial charge in [-0.05, 0) is 36.9 Å². The summed E-state index contributed by atoms with van der Waals surface area (Å²) in [5, 5.41) is 6.82. The molecule has 1 aliphatic rings. The summed E-state index contributed by atoms with van der Waals surface area (Å²) in [7, 11) is 2.00. The van der Waals surface area contributed by atoms with Crippen molar-refractivity contribution in [2.75, 3.05) is 25.0 Å². The van der Waals surface area contributed by atoms with Crippen LogP contribution >= 0.6 is 0 Å². The van der Waals surface area contributed by atoms with Gasteiger partial charge < -0.3 is 9.84 Å². The molecule has 0 saturated carbocycles. The molecule has 1 aromatic carbocycles. The van der Waals surface area contributed by atoms with Crippen LogP contribution in [0.4, 0.5) is 10.5 Å². The largest absolute Gasteiger partial charge is 0.338 e. The van der Waals surface area contributed by atoms with E-state index in [1.165, 1.54) is 0 Å². The number of carbonyl (C=O) groups excluding carboxylic acids is 1. The molecular weight excluding hydrogens is 344 g/mol. The molecule has 27 heavy (non-hydrogen) atoms. The Bertz CT molecular complexity index is 909. The van der Waals surface area contributed by atoms with Crippen molar-refractivity contribution in [3.63, 3.8) is 0 Å². The summed E-state index contributed by atoms with van der Waals surface area (Å²) in [5.41, 5.74) is 2.89. The molecule has 2 aromatic heterocycles. The minimum Gasteiger partial charge on any atom is -0.338 e. The number of anilines is 1. The van der Waals surface area contributed by atoms with Gasteiger partial charge in [-0.2, -0.15) is 4.98 Å². The fourth-order valence-corrected chi connectivity index (χ4v) is 3.03. The predicted molar refractivity (Wildman–Crippen MR) is 99.9 cm³/mol. The first-order valence-electron chi connectivity index (χ1n) is 8.75. The Morgan fingerprint density at radius 3 is 2.78 bits per heavy atom. The SMILES string of the molecule is CN(Cc1ccc(N2CCNC2=O)cc1)Cc1nc(-c2cccnc2)no1. The topological polar surface area (TPSA) is 87.4 Å². The lowest BCUT2D eigenvalue weighted by atomic mass is 10.2. The Kier molecular flexibility index (Phi) is 4.80. The highest BCUT2D eigenvalue weighted by Crippen LogP contribution is 2.19. The lowest BCUT2D eigenvalue weighted by Crippen LogP contribution is -2.27. The summed E-state index contributed by atoms with van der Waals surface area (Å²) in [6.45, 7) is 2.67. The van der Waals surface area contributed by atoms with Crippen LogP contribution in [0.3, 0.4) is 0 Å². The summed E-state index contributed by atoms with van der Waals surface area (Å²) in [4.78, 5) is 24.1. The number of nitrogens with zero attached hydrogens (tertiary/aromatic N) is 5. The van der Waals surface area contributed by atoms with Crippen molar-refractivity contribution < 1.29 is 9.32 Å². The first-order valence-corrected chi connectivity index (χ1v) is 8.75. The molecule has 138 valence electrons. The molecule has 0 atom stereocenters. The van der Waals surface area contributed by atoms with E-state index in [1.54, 1.807) is 17.3 Å². The van der Waals surface area contributed by atoms with Crippen molar-refractivity contribution in [1.82, 2.24) is 25.3 Å². The zero-order chi connectivity index (χ0) is 18.6. The highest BCUT2D eigenvalue weighted by atomic mass is 16.5. The van der Waals surface area contributed by atoms with E-state index in [4.69, 9.17) is 4.52 Å². The van der Waals surface area contributed by atoms with Crippen LogP contribution in [0.25, 0.3) is 11.4 Å². The molecule has 8 nitrogen and oxygen atoms in total. The van der Waals surface area contributed by atoms with Gasteiger partial charge in [0.1, 0.15) is 0 Å². The normalized spacial score (nSPS) is 14.0. The van der Waals surface area contributed by atoms with E-state index in [9.17, 15) is 4.79 Å². The van der Waals surface area contributed by atoms with Crippen molar-refractivity contribution in [1.29, 1.82) is 0 Å². The third-order valence-corrected chi connectivity index (χ3v) is 4.35. The number of hydrogen-bond donors (Lipinski definition) is 1. The zero-order valence-electron chi connectivity index (χ0n) is 15.0. The highest BCUT2D eigenvalue weighted by Gasteiger charge is 2.20. The molecule has 0 aliphatic carbocycles. The molecular formula is C19H20N6O2. The molecule has 3 heterocycles. The first-order chi connectivity index (χ1) is 13.2. The van der Waals surface area contributed by atoms with Gasteiger partial charge in [-0.25, -0.2) is 4.79 Å². The second-order valence-electron chi connectivity index (χ2n) is 6.48. The first kappa shape index (κ1) is 17.2. The molecule has 4 rings (SSSR count). The van der Waals surface area contributed by atoms with E-state index >= 15 is 0 Å². The average molecular weight is 364 g/mol. The second-order valence-corrected chi connectivity index (χ2v) is 6.48. The standard InChI is InChI=1S/C19H20N6O2/c1-24(13-17-22-18(23-27-17)15-3-2-8-20-11-15)12-14-4-6-16(7-5-14)25-10-9-21-19(25)26/h2-8,11H,9-10,12-13H2,1H3,(H,21,26). The number of urea groups is 1. The van der Waals surface area contributed by atoms with Crippen LogP contribution in [0.1, 0.15) is 11.5 Å². The van der Waals surface area contributed by atoms with Gasteiger partial charge in [0.25, 0.3) is 0 Å².